The van der Waals surface area contributed by atoms with Crippen molar-refractivity contribution >= 4 is 46.9 Å². The van der Waals surface area contributed by atoms with E-state index in [-0.39, 0.29) is 11.6 Å². The minimum atomic E-state index is -0.555. The van der Waals surface area contributed by atoms with Crippen molar-refractivity contribution in [2.45, 2.75) is 24.0 Å². The molecule has 3 amide bonds. The summed E-state index contributed by atoms with van der Waals surface area (Å²) in [7, 11) is 0. The summed E-state index contributed by atoms with van der Waals surface area (Å²) >= 11 is 1.36. The molecule has 0 saturated heterocycles. The molecule has 8 heteroatoms. The van der Waals surface area contributed by atoms with Crippen LogP contribution in [0.25, 0.3) is 6.08 Å². The molecule has 4 aromatic carbocycles. The van der Waals surface area contributed by atoms with E-state index in [0.717, 1.165) is 16.1 Å². The van der Waals surface area contributed by atoms with Crippen LogP contribution in [0.2, 0.25) is 0 Å². The van der Waals surface area contributed by atoms with Crippen molar-refractivity contribution in [2.24, 2.45) is 0 Å². The second-order valence-electron chi connectivity index (χ2n) is 8.98. The Bertz CT molecular complexity index is 1540. The van der Waals surface area contributed by atoms with Crippen molar-refractivity contribution < 1.29 is 18.8 Å². The summed E-state index contributed by atoms with van der Waals surface area (Å²) in [6, 6.07) is 28.8. The van der Waals surface area contributed by atoms with E-state index in [1.165, 1.54) is 42.1 Å². The third-order valence-corrected chi connectivity index (χ3v) is 6.98. The first-order valence-corrected chi connectivity index (χ1v) is 13.4. The van der Waals surface area contributed by atoms with E-state index in [0.29, 0.717) is 16.8 Å². The molecule has 0 aliphatic carbocycles. The number of hydrogen-bond acceptors (Lipinski definition) is 4. The van der Waals surface area contributed by atoms with Crippen LogP contribution in [-0.2, 0) is 9.59 Å². The number of anilines is 2. The van der Waals surface area contributed by atoms with Gasteiger partial charge in [0.05, 0.1) is 5.25 Å². The van der Waals surface area contributed by atoms with Crippen LogP contribution in [0.1, 0.15) is 28.4 Å². The Morgan fingerprint density at radius 1 is 0.825 bits per heavy atom. The Morgan fingerprint density at radius 2 is 1.52 bits per heavy atom. The topological polar surface area (TPSA) is 87.3 Å². The van der Waals surface area contributed by atoms with Crippen LogP contribution < -0.4 is 16.0 Å². The van der Waals surface area contributed by atoms with Gasteiger partial charge in [-0.3, -0.25) is 14.4 Å². The maximum Gasteiger partial charge on any atom is 0.272 e. The van der Waals surface area contributed by atoms with Crippen LogP contribution in [0.5, 0.6) is 0 Å². The Kier molecular flexibility index (Phi) is 9.48. The number of carbonyl (C=O) groups excluding carboxylic acids is 3. The van der Waals surface area contributed by atoms with Gasteiger partial charge in [-0.05, 0) is 79.6 Å². The van der Waals surface area contributed by atoms with Gasteiger partial charge >= 0.3 is 0 Å². The molecule has 0 aromatic heterocycles. The van der Waals surface area contributed by atoms with Crippen LogP contribution in [0, 0.1) is 12.7 Å². The normalized spacial score (nSPS) is 11.8. The molecule has 0 bridgehead atoms. The number of thioether (sulfide) groups is 1. The van der Waals surface area contributed by atoms with Gasteiger partial charge in [0.15, 0.2) is 0 Å². The highest BCUT2D eigenvalue weighted by atomic mass is 32.2. The lowest BCUT2D eigenvalue weighted by molar-refractivity contribution is -0.115. The standard InChI is InChI=1S/C32H28FN3O3S/c1-21-9-6-7-14-28(21)35-30(37)22(2)40-27-13-8-12-26(20-27)34-32(39)29(19-23-15-17-25(33)18-16-23)36-31(38)24-10-4-3-5-11-24/h3-20,22H,1-2H3,(H,34,39)(H,35,37)(H,36,38)/b29-19-. The van der Waals surface area contributed by atoms with Gasteiger partial charge in [0.1, 0.15) is 11.5 Å². The first kappa shape index (κ1) is 28.3. The van der Waals surface area contributed by atoms with E-state index in [9.17, 15) is 18.8 Å². The third-order valence-electron chi connectivity index (χ3n) is 5.89. The monoisotopic (exact) mass is 553 g/mol. The van der Waals surface area contributed by atoms with Gasteiger partial charge in [0.2, 0.25) is 5.91 Å². The highest BCUT2D eigenvalue weighted by Gasteiger charge is 2.18. The Labute approximate surface area is 236 Å². The maximum absolute atomic E-state index is 13.4. The molecule has 3 N–H and O–H groups in total. The summed E-state index contributed by atoms with van der Waals surface area (Å²) in [6.45, 7) is 3.74. The number of nitrogens with one attached hydrogen (secondary N) is 3. The highest BCUT2D eigenvalue weighted by Crippen LogP contribution is 2.27. The molecular weight excluding hydrogens is 525 g/mol. The van der Waals surface area contributed by atoms with Gasteiger partial charge in [-0.25, -0.2) is 4.39 Å². The summed E-state index contributed by atoms with van der Waals surface area (Å²) in [5, 5.41) is 8.03. The molecule has 40 heavy (non-hydrogen) atoms. The number of para-hydroxylation sites is 1. The molecule has 0 radical (unpaired) electrons. The Morgan fingerprint density at radius 3 is 2.25 bits per heavy atom. The molecule has 6 nitrogen and oxygen atoms in total. The molecule has 0 aliphatic rings. The van der Waals surface area contributed by atoms with Gasteiger partial charge in [0.25, 0.3) is 11.8 Å². The smallest absolute Gasteiger partial charge is 0.272 e. The molecule has 0 aliphatic heterocycles. The minimum Gasteiger partial charge on any atom is -0.325 e. The largest absolute Gasteiger partial charge is 0.325 e. The lowest BCUT2D eigenvalue weighted by Crippen LogP contribution is -2.30. The Balaban J connectivity index is 1.48. The Hall–Kier alpha value is -4.69. The van der Waals surface area contributed by atoms with E-state index >= 15 is 0 Å². The van der Waals surface area contributed by atoms with E-state index in [1.807, 2.05) is 44.2 Å². The zero-order valence-corrected chi connectivity index (χ0v) is 22.8. The van der Waals surface area contributed by atoms with Gasteiger partial charge in [-0.2, -0.15) is 0 Å². The van der Waals surface area contributed by atoms with Crippen LogP contribution in [0.3, 0.4) is 0 Å². The van der Waals surface area contributed by atoms with E-state index in [1.54, 1.807) is 48.5 Å². The number of rotatable bonds is 9. The van der Waals surface area contributed by atoms with Crippen LogP contribution >= 0.6 is 11.8 Å². The van der Waals surface area contributed by atoms with Crippen molar-refractivity contribution in [3.05, 3.63) is 131 Å². The molecule has 1 unspecified atom stereocenters. The zero-order chi connectivity index (χ0) is 28.5. The average Bonchev–Trinajstić information content (AvgIpc) is 2.95. The number of aryl methyl sites for hydroxylation is 1. The van der Waals surface area contributed by atoms with Gasteiger partial charge in [-0.15, -0.1) is 11.8 Å². The summed E-state index contributed by atoms with van der Waals surface area (Å²) in [4.78, 5) is 39.6. The van der Waals surface area contributed by atoms with Gasteiger partial charge in [-0.1, -0.05) is 54.6 Å². The molecule has 202 valence electrons. The fourth-order valence-corrected chi connectivity index (χ4v) is 4.65. The van der Waals surface area contributed by atoms with Crippen molar-refractivity contribution in [3.8, 4) is 0 Å². The lowest BCUT2D eigenvalue weighted by Gasteiger charge is -2.15. The molecule has 0 spiro atoms. The van der Waals surface area contributed by atoms with Gasteiger partial charge < -0.3 is 16.0 Å². The predicted molar refractivity (Wildman–Crippen MR) is 158 cm³/mol. The molecule has 4 rings (SSSR count). The fourth-order valence-electron chi connectivity index (χ4n) is 3.72. The molecule has 0 heterocycles. The zero-order valence-electron chi connectivity index (χ0n) is 22.0. The SMILES string of the molecule is Cc1ccccc1NC(=O)C(C)Sc1cccc(NC(=O)/C(=C/c2ccc(F)cc2)NC(=O)c2ccccc2)c1. The third kappa shape index (κ3) is 7.91. The van der Waals surface area contributed by atoms with E-state index in [4.69, 9.17) is 0 Å². The molecule has 4 aromatic rings. The van der Waals surface area contributed by atoms with Crippen LogP contribution in [0.4, 0.5) is 15.8 Å². The first-order chi connectivity index (χ1) is 19.3. The summed E-state index contributed by atoms with van der Waals surface area (Å²) in [5.41, 5.74) is 3.14. The number of benzene rings is 4. The first-order valence-electron chi connectivity index (χ1n) is 12.6. The number of halogens is 1. The average molecular weight is 554 g/mol. The van der Waals surface area contributed by atoms with Crippen molar-refractivity contribution in [1.29, 1.82) is 0 Å². The lowest BCUT2D eigenvalue weighted by atomic mass is 10.1. The quantitative estimate of drug-likeness (QED) is 0.160. The van der Waals surface area contributed by atoms with Crippen LogP contribution in [-0.4, -0.2) is 23.0 Å². The van der Waals surface area contributed by atoms with Crippen LogP contribution in [0.15, 0.2) is 114 Å². The molecular formula is C32H28FN3O3S. The van der Waals surface area contributed by atoms with Crippen molar-refractivity contribution in [2.75, 3.05) is 10.6 Å². The summed E-state index contributed by atoms with van der Waals surface area (Å²) in [6.07, 6.45) is 1.48. The highest BCUT2D eigenvalue weighted by molar-refractivity contribution is 8.00. The fraction of sp³-hybridized carbons (Fsp3) is 0.0938. The van der Waals surface area contributed by atoms with E-state index in [2.05, 4.69) is 16.0 Å². The number of carbonyl (C=O) groups is 3. The summed E-state index contributed by atoms with van der Waals surface area (Å²) < 4.78 is 13.4. The summed E-state index contributed by atoms with van der Waals surface area (Å²) in [5.74, 6) is -1.56. The molecule has 0 fully saturated rings. The molecule has 0 saturated carbocycles. The number of hydrogen-bond donors (Lipinski definition) is 3. The second-order valence-corrected chi connectivity index (χ2v) is 10.4. The predicted octanol–water partition coefficient (Wildman–Crippen LogP) is 6.66. The van der Waals surface area contributed by atoms with Crippen molar-refractivity contribution in [1.82, 2.24) is 5.32 Å². The number of amides is 3. The maximum atomic E-state index is 13.4. The minimum absolute atomic E-state index is 0.00973. The van der Waals surface area contributed by atoms with Crippen molar-refractivity contribution in [3.63, 3.8) is 0 Å². The van der Waals surface area contributed by atoms with E-state index < -0.39 is 22.9 Å². The van der Waals surface area contributed by atoms with Gasteiger partial charge in [0, 0.05) is 21.8 Å². The second kappa shape index (κ2) is 13.4. The molecule has 1 atom stereocenters.